The molecule has 0 aromatic carbocycles. The maximum absolute atomic E-state index is 11.1. The number of thioether (sulfide) groups is 1. The lowest BCUT2D eigenvalue weighted by Gasteiger charge is -2.00. The third kappa shape index (κ3) is 2.50. The van der Waals surface area contributed by atoms with Gasteiger partial charge in [-0.05, 0) is 6.26 Å². The van der Waals surface area contributed by atoms with Crippen molar-refractivity contribution in [3.05, 3.63) is 24.3 Å². The largest absolute Gasteiger partial charge is 0.451 e. The zero-order valence-electron chi connectivity index (χ0n) is 6.56. The smallest absolute Gasteiger partial charge is 0.342 e. The van der Waals surface area contributed by atoms with Crippen molar-refractivity contribution in [1.82, 2.24) is 9.97 Å². The van der Waals surface area contributed by atoms with Crippen LogP contribution in [0.3, 0.4) is 0 Å². The summed E-state index contributed by atoms with van der Waals surface area (Å²) in [5.74, 6) is -0.0294. The van der Waals surface area contributed by atoms with E-state index in [9.17, 15) is 4.79 Å². The van der Waals surface area contributed by atoms with Crippen LogP contribution in [0, 0.1) is 0 Å². The van der Waals surface area contributed by atoms with Crippen LogP contribution in [0.25, 0.3) is 0 Å². The molecule has 0 fully saturated rings. The average molecular weight is 184 g/mol. The Morgan fingerprint density at radius 2 is 2.25 bits per heavy atom. The van der Waals surface area contributed by atoms with E-state index in [1.54, 1.807) is 0 Å². The fourth-order valence-electron chi connectivity index (χ4n) is 0.600. The minimum atomic E-state index is -0.384. The number of rotatable bonds is 3. The Labute approximate surface area is 74.4 Å². The van der Waals surface area contributed by atoms with Gasteiger partial charge < -0.3 is 4.74 Å². The molecule has 0 saturated carbocycles. The molecule has 0 amide bonds. The SMILES string of the molecule is CSCOC(=O)c1cncnc1. The Hall–Kier alpha value is -1.10. The van der Waals surface area contributed by atoms with Gasteiger partial charge in [0.15, 0.2) is 0 Å². The predicted molar refractivity (Wildman–Crippen MR) is 45.8 cm³/mol. The number of hydrogen-bond donors (Lipinski definition) is 0. The molecule has 0 bridgehead atoms. The summed E-state index contributed by atoms with van der Waals surface area (Å²) in [7, 11) is 0. The molecule has 0 radical (unpaired) electrons. The van der Waals surface area contributed by atoms with E-state index in [0.29, 0.717) is 11.5 Å². The monoisotopic (exact) mass is 184 g/mol. The van der Waals surface area contributed by atoms with E-state index in [1.165, 1.54) is 30.5 Å². The van der Waals surface area contributed by atoms with E-state index in [0.717, 1.165) is 0 Å². The first-order valence-corrected chi connectivity index (χ1v) is 4.65. The van der Waals surface area contributed by atoms with Crippen molar-refractivity contribution in [3.8, 4) is 0 Å². The fraction of sp³-hybridized carbons (Fsp3) is 0.286. The van der Waals surface area contributed by atoms with Gasteiger partial charge in [0.2, 0.25) is 0 Å². The topological polar surface area (TPSA) is 52.1 Å². The molecule has 1 heterocycles. The summed E-state index contributed by atoms with van der Waals surface area (Å²) in [5.41, 5.74) is 0.381. The molecule has 0 spiro atoms. The molecule has 1 aromatic heterocycles. The molecule has 1 aromatic rings. The minimum Gasteiger partial charge on any atom is -0.451 e. The molecule has 64 valence electrons. The maximum atomic E-state index is 11.1. The highest BCUT2D eigenvalue weighted by atomic mass is 32.2. The molecule has 0 aliphatic heterocycles. The van der Waals surface area contributed by atoms with Gasteiger partial charge in [-0.2, -0.15) is 0 Å². The third-order valence-corrected chi connectivity index (χ3v) is 1.46. The lowest BCUT2D eigenvalue weighted by molar-refractivity contribution is 0.0578. The summed E-state index contributed by atoms with van der Waals surface area (Å²) >= 11 is 1.44. The molecule has 0 N–H and O–H groups in total. The molecule has 1 rings (SSSR count). The highest BCUT2D eigenvalue weighted by Gasteiger charge is 2.05. The fourth-order valence-corrected chi connectivity index (χ4v) is 0.825. The van der Waals surface area contributed by atoms with Crippen LogP contribution in [0.4, 0.5) is 0 Å². The zero-order valence-corrected chi connectivity index (χ0v) is 7.37. The average Bonchev–Trinajstić information content (AvgIpc) is 2.15. The number of carbonyl (C=O) groups excluding carboxylic acids is 1. The van der Waals surface area contributed by atoms with Crippen LogP contribution in [0.15, 0.2) is 18.7 Å². The van der Waals surface area contributed by atoms with Crippen LogP contribution < -0.4 is 0 Å². The van der Waals surface area contributed by atoms with E-state index in [1.807, 2.05) is 6.26 Å². The molecule has 12 heavy (non-hydrogen) atoms. The molecule has 0 unspecified atom stereocenters. The highest BCUT2D eigenvalue weighted by Crippen LogP contribution is 2.00. The van der Waals surface area contributed by atoms with Crippen molar-refractivity contribution in [2.24, 2.45) is 0 Å². The first kappa shape index (κ1) is 8.99. The third-order valence-electron chi connectivity index (χ3n) is 1.10. The van der Waals surface area contributed by atoms with Crippen LogP contribution in [-0.2, 0) is 4.74 Å². The highest BCUT2D eigenvalue weighted by molar-refractivity contribution is 7.98. The van der Waals surface area contributed by atoms with Gasteiger partial charge in [-0.15, -0.1) is 11.8 Å². The number of hydrogen-bond acceptors (Lipinski definition) is 5. The molecular formula is C7H8N2O2S. The Morgan fingerprint density at radius 1 is 1.58 bits per heavy atom. The van der Waals surface area contributed by atoms with Crippen molar-refractivity contribution in [1.29, 1.82) is 0 Å². The summed E-state index contributed by atoms with van der Waals surface area (Å²) in [6.07, 6.45) is 6.07. The van der Waals surface area contributed by atoms with Crippen LogP contribution in [-0.4, -0.2) is 28.1 Å². The molecule has 0 atom stereocenters. The van der Waals surface area contributed by atoms with Crippen LogP contribution in [0.1, 0.15) is 10.4 Å². The van der Waals surface area contributed by atoms with Gasteiger partial charge in [0.1, 0.15) is 12.3 Å². The Bertz CT molecular complexity index is 253. The second-order valence-corrected chi connectivity index (χ2v) is 2.78. The first-order chi connectivity index (χ1) is 5.84. The summed E-state index contributed by atoms with van der Waals surface area (Å²) in [4.78, 5) is 18.5. The second kappa shape index (κ2) is 4.71. The van der Waals surface area contributed by atoms with Crippen molar-refractivity contribution in [2.75, 3.05) is 12.2 Å². The second-order valence-electron chi connectivity index (χ2n) is 1.97. The first-order valence-electron chi connectivity index (χ1n) is 3.25. The summed E-state index contributed by atoms with van der Waals surface area (Å²) in [6, 6.07) is 0. The Morgan fingerprint density at radius 3 is 2.83 bits per heavy atom. The van der Waals surface area contributed by atoms with Crippen molar-refractivity contribution in [2.45, 2.75) is 0 Å². The Kier molecular flexibility index (Phi) is 3.53. The van der Waals surface area contributed by atoms with E-state index in [-0.39, 0.29) is 5.97 Å². The van der Waals surface area contributed by atoms with Gasteiger partial charge in [-0.25, -0.2) is 14.8 Å². The molecule has 4 nitrogen and oxygen atoms in total. The quantitative estimate of drug-likeness (QED) is 0.517. The number of ether oxygens (including phenoxy) is 1. The molecular weight excluding hydrogens is 176 g/mol. The molecule has 0 saturated heterocycles. The van der Waals surface area contributed by atoms with Crippen molar-refractivity contribution in [3.63, 3.8) is 0 Å². The summed E-state index contributed by atoms with van der Waals surface area (Å²) in [6.45, 7) is 0. The minimum absolute atomic E-state index is 0.355. The predicted octanol–water partition coefficient (Wildman–Crippen LogP) is 0.954. The number of aromatic nitrogens is 2. The molecule has 5 heteroatoms. The lowest BCUT2D eigenvalue weighted by atomic mass is 10.4. The van der Waals surface area contributed by atoms with Gasteiger partial charge in [-0.3, -0.25) is 0 Å². The summed E-state index contributed by atoms with van der Waals surface area (Å²) in [5, 5.41) is 0. The zero-order chi connectivity index (χ0) is 8.81. The van der Waals surface area contributed by atoms with Gasteiger partial charge >= 0.3 is 5.97 Å². The van der Waals surface area contributed by atoms with Crippen LogP contribution in [0.5, 0.6) is 0 Å². The van der Waals surface area contributed by atoms with Crippen molar-refractivity contribution >= 4 is 17.7 Å². The van der Waals surface area contributed by atoms with Crippen LogP contribution >= 0.6 is 11.8 Å². The Balaban J connectivity index is 2.54. The normalized spacial score (nSPS) is 9.42. The summed E-state index contributed by atoms with van der Waals surface area (Å²) < 4.78 is 4.82. The van der Waals surface area contributed by atoms with Gasteiger partial charge in [0.25, 0.3) is 0 Å². The molecule has 0 aliphatic carbocycles. The van der Waals surface area contributed by atoms with Crippen LogP contribution in [0.2, 0.25) is 0 Å². The standard InChI is InChI=1S/C7H8N2O2S/c1-12-5-11-7(10)6-2-8-4-9-3-6/h2-4H,5H2,1H3. The van der Waals surface area contributed by atoms with E-state index >= 15 is 0 Å². The van der Waals surface area contributed by atoms with Gasteiger partial charge in [0, 0.05) is 12.4 Å². The van der Waals surface area contributed by atoms with E-state index in [2.05, 4.69) is 9.97 Å². The number of nitrogens with zero attached hydrogens (tertiary/aromatic N) is 2. The number of esters is 1. The van der Waals surface area contributed by atoms with Gasteiger partial charge in [0.05, 0.1) is 5.56 Å². The van der Waals surface area contributed by atoms with Gasteiger partial charge in [-0.1, -0.05) is 0 Å². The molecule has 0 aliphatic rings. The van der Waals surface area contributed by atoms with E-state index in [4.69, 9.17) is 4.74 Å². The maximum Gasteiger partial charge on any atom is 0.342 e. The number of carbonyl (C=O) groups is 1. The van der Waals surface area contributed by atoms with E-state index < -0.39 is 0 Å². The lowest BCUT2D eigenvalue weighted by Crippen LogP contribution is -2.05. The van der Waals surface area contributed by atoms with Crippen molar-refractivity contribution < 1.29 is 9.53 Å².